The van der Waals surface area contributed by atoms with Crippen LogP contribution in [0.3, 0.4) is 0 Å². The number of aromatic nitrogens is 1. The minimum Gasteiger partial charge on any atom is -0.385 e. The highest BCUT2D eigenvalue weighted by atomic mass is 35.5. The fraction of sp³-hybridized carbons (Fsp3) is 0.333. The molecule has 0 saturated heterocycles. The highest BCUT2D eigenvalue weighted by Crippen LogP contribution is 2.64. The number of hydrogen-bond acceptors (Lipinski definition) is 3. The molecule has 0 bridgehead atoms. The molecule has 2 N–H and O–H groups in total. The Balaban J connectivity index is 1.30. The summed E-state index contributed by atoms with van der Waals surface area (Å²) in [5.41, 5.74) is 1.07. The van der Waals surface area contributed by atoms with E-state index in [0.717, 1.165) is 30.5 Å². The molecule has 2 aromatic carbocycles. The Labute approximate surface area is 179 Å². The van der Waals surface area contributed by atoms with Crippen LogP contribution < -0.4 is 5.32 Å². The third-order valence-electron chi connectivity index (χ3n) is 6.90. The molecule has 6 heteroatoms. The number of rotatable bonds is 3. The zero-order chi connectivity index (χ0) is 20.9. The highest BCUT2D eigenvalue weighted by molar-refractivity contribution is 6.30. The molecule has 5 rings (SSSR count). The minimum atomic E-state index is -1.03. The highest BCUT2D eigenvalue weighted by Gasteiger charge is 2.60. The van der Waals surface area contributed by atoms with Gasteiger partial charge in [-0.25, -0.2) is 4.39 Å². The predicted molar refractivity (Wildman–Crippen MR) is 115 cm³/mol. The number of benzene rings is 2. The van der Waals surface area contributed by atoms with Crippen molar-refractivity contribution >= 4 is 34.1 Å². The number of carbonyl (C=O) groups excluding carboxylic acids is 1. The largest absolute Gasteiger partial charge is 0.385 e. The number of fused-ring (bicyclic) bond motifs is 1. The fourth-order valence-electron chi connectivity index (χ4n) is 4.99. The van der Waals surface area contributed by atoms with Crippen LogP contribution in [0.1, 0.15) is 37.7 Å². The van der Waals surface area contributed by atoms with Gasteiger partial charge in [0.25, 0.3) is 0 Å². The number of nitrogens with zero attached hydrogens (tertiary/aromatic N) is 1. The van der Waals surface area contributed by atoms with Crippen LogP contribution in [-0.2, 0) is 10.4 Å². The molecule has 2 fully saturated rings. The minimum absolute atomic E-state index is 0.0270. The van der Waals surface area contributed by atoms with Gasteiger partial charge in [0, 0.05) is 28.2 Å². The summed E-state index contributed by atoms with van der Waals surface area (Å²) in [6.07, 6.45) is 5.13. The van der Waals surface area contributed by atoms with E-state index < -0.39 is 5.60 Å². The van der Waals surface area contributed by atoms with Crippen LogP contribution in [0.4, 0.5) is 10.1 Å². The Morgan fingerprint density at radius 3 is 2.57 bits per heavy atom. The first-order valence-corrected chi connectivity index (χ1v) is 10.6. The van der Waals surface area contributed by atoms with Crippen molar-refractivity contribution in [3.63, 3.8) is 0 Å². The lowest BCUT2D eigenvalue weighted by Gasteiger charge is -2.37. The van der Waals surface area contributed by atoms with Crippen molar-refractivity contribution in [1.82, 2.24) is 4.98 Å². The number of hydrogen-bond donors (Lipinski definition) is 2. The van der Waals surface area contributed by atoms with Crippen LogP contribution in [-0.4, -0.2) is 16.0 Å². The molecule has 1 atom stereocenters. The van der Waals surface area contributed by atoms with Crippen LogP contribution >= 0.6 is 11.6 Å². The maximum Gasteiger partial charge on any atom is 0.228 e. The molecule has 4 nitrogen and oxygen atoms in total. The number of carbonyl (C=O) groups is 1. The number of nitrogens with one attached hydrogen (secondary N) is 1. The number of aliphatic hydroxyl groups is 1. The van der Waals surface area contributed by atoms with Gasteiger partial charge < -0.3 is 10.4 Å². The summed E-state index contributed by atoms with van der Waals surface area (Å²) in [6, 6.07) is 13.3. The lowest BCUT2D eigenvalue weighted by atomic mass is 9.72. The molecule has 2 saturated carbocycles. The predicted octanol–water partition coefficient (Wildman–Crippen LogP) is 5.43. The van der Waals surface area contributed by atoms with E-state index in [0.29, 0.717) is 28.8 Å². The standard InChI is InChI=1S/C24H22ClFN2O2/c25-15-1-4-17(5-2-15)28-22(29)20-14-23(20)8-10-24(30,11-9-23)19-7-12-27-21-6-3-16(26)13-18(19)21/h1-7,12-13,20,30H,8-11,14H2,(H,28,29). The van der Waals surface area contributed by atoms with E-state index in [4.69, 9.17) is 11.6 Å². The van der Waals surface area contributed by atoms with Crippen molar-refractivity contribution in [3.8, 4) is 0 Å². The number of pyridine rings is 1. The monoisotopic (exact) mass is 424 g/mol. The number of amides is 1. The van der Waals surface area contributed by atoms with E-state index in [1.807, 2.05) is 0 Å². The second-order valence-electron chi connectivity index (χ2n) is 8.67. The average molecular weight is 425 g/mol. The van der Waals surface area contributed by atoms with Crippen molar-refractivity contribution < 1.29 is 14.3 Å². The van der Waals surface area contributed by atoms with Crippen molar-refractivity contribution in [1.29, 1.82) is 0 Å². The maximum absolute atomic E-state index is 13.8. The zero-order valence-electron chi connectivity index (χ0n) is 16.4. The van der Waals surface area contributed by atoms with E-state index in [9.17, 15) is 14.3 Å². The van der Waals surface area contributed by atoms with Crippen molar-refractivity contribution in [3.05, 3.63) is 71.1 Å². The van der Waals surface area contributed by atoms with Crippen LogP contribution in [0.5, 0.6) is 0 Å². The van der Waals surface area contributed by atoms with Gasteiger partial charge in [0.1, 0.15) is 5.82 Å². The SMILES string of the molecule is O=C(Nc1ccc(Cl)cc1)C1CC12CCC(O)(c1ccnc3ccc(F)cc13)CC2. The van der Waals surface area contributed by atoms with E-state index in [2.05, 4.69) is 10.3 Å². The smallest absolute Gasteiger partial charge is 0.228 e. The van der Waals surface area contributed by atoms with Gasteiger partial charge in [-0.1, -0.05) is 11.6 Å². The van der Waals surface area contributed by atoms with E-state index in [1.165, 1.54) is 12.1 Å². The average Bonchev–Trinajstić information content (AvgIpc) is 3.46. The van der Waals surface area contributed by atoms with Crippen molar-refractivity contribution in [2.75, 3.05) is 5.32 Å². The van der Waals surface area contributed by atoms with Crippen molar-refractivity contribution in [2.24, 2.45) is 11.3 Å². The summed E-state index contributed by atoms with van der Waals surface area (Å²) >= 11 is 5.90. The molecule has 1 amide bonds. The summed E-state index contributed by atoms with van der Waals surface area (Å²) < 4.78 is 13.8. The molecular weight excluding hydrogens is 403 g/mol. The normalized spacial score (nSPS) is 27.9. The van der Waals surface area contributed by atoms with E-state index >= 15 is 0 Å². The molecule has 1 spiro atoms. The molecule has 1 heterocycles. The van der Waals surface area contributed by atoms with Crippen LogP contribution in [0.25, 0.3) is 10.9 Å². The van der Waals surface area contributed by atoms with Crippen LogP contribution in [0.15, 0.2) is 54.7 Å². The molecular formula is C24H22ClFN2O2. The molecule has 0 aliphatic heterocycles. The Bertz CT molecular complexity index is 1120. The van der Waals surface area contributed by atoms with Gasteiger partial charge in [-0.3, -0.25) is 9.78 Å². The quantitative estimate of drug-likeness (QED) is 0.589. The van der Waals surface area contributed by atoms with Gasteiger partial charge in [-0.05, 0) is 91.6 Å². The van der Waals surface area contributed by atoms with Gasteiger partial charge >= 0.3 is 0 Å². The van der Waals surface area contributed by atoms with Gasteiger partial charge in [0.15, 0.2) is 0 Å². The Morgan fingerprint density at radius 2 is 1.83 bits per heavy atom. The van der Waals surface area contributed by atoms with Crippen LogP contribution in [0, 0.1) is 17.2 Å². The Morgan fingerprint density at radius 1 is 1.10 bits per heavy atom. The number of halogens is 2. The van der Waals surface area contributed by atoms with Gasteiger partial charge in [-0.15, -0.1) is 0 Å². The summed E-state index contributed by atoms with van der Waals surface area (Å²) in [5, 5.41) is 15.7. The first kappa shape index (κ1) is 19.5. The molecule has 1 aromatic heterocycles. The molecule has 154 valence electrons. The van der Waals surface area contributed by atoms with Crippen LogP contribution in [0.2, 0.25) is 5.02 Å². The summed E-state index contributed by atoms with van der Waals surface area (Å²) in [4.78, 5) is 17.0. The molecule has 1 unspecified atom stereocenters. The third kappa shape index (κ3) is 3.36. The summed E-state index contributed by atoms with van der Waals surface area (Å²) in [7, 11) is 0. The Kier molecular flexibility index (Phi) is 4.56. The molecule has 2 aliphatic rings. The topological polar surface area (TPSA) is 62.2 Å². The molecule has 0 radical (unpaired) electrons. The second-order valence-corrected chi connectivity index (χ2v) is 9.10. The Hall–Kier alpha value is -2.50. The van der Waals surface area contributed by atoms with E-state index in [1.54, 1.807) is 42.6 Å². The number of anilines is 1. The van der Waals surface area contributed by atoms with Crippen molar-refractivity contribution in [2.45, 2.75) is 37.7 Å². The van der Waals surface area contributed by atoms with Gasteiger partial charge in [0.2, 0.25) is 5.91 Å². The summed E-state index contributed by atoms with van der Waals surface area (Å²) in [6.45, 7) is 0. The lowest BCUT2D eigenvalue weighted by Crippen LogP contribution is -2.34. The summed E-state index contributed by atoms with van der Waals surface area (Å²) in [5.74, 6) is -0.350. The maximum atomic E-state index is 13.8. The van der Waals surface area contributed by atoms with Gasteiger partial charge in [0.05, 0.1) is 11.1 Å². The fourth-order valence-corrected chi connectivity index (χ4v) is 5.11. The zero-order valence-corrected chi connectivity index (χ0v) is 17.1. The molecule has 30 heavy (non-hydrogen) atoms. The van der Waals surface area contributed by atoms with Gasteiger partial charge in [-0.2, -0.15) is 0 Å². The third-order valence-corrected chi connectivity index (χ3v) is 7.15. The lowest BCUT2D eigenvalue weighted by molar-refractivity contribution is -0.118. The van der Waals surface area contributed by atoms with E-state index in [-0.39, 0.29) is 23.1 Å². The first-order chi connectivity index (χ1) is 14.4. The second kappa shape index (κ2) is 7.03. The first-order valence-electron chi connectivity index (χ1n) is 10.2. The molecule has 3 aromatic rings. The molecule has 2 aliphatic carbocycles.